The van der Waals surface area contributed by atoms with E-state index in [2.05, 4.69) is 29.1 Å². The van der Waals surface area contributed by atoms with Crippen molar-refractivity contribution in [3.8, 4) is 0 Å². The quantitative estimate of drug-likeness (QED) is 0.834. The van der Waals surface area contributed by atoms with Gasteiger partial charge in [-0.2, -0.15) is 11.8 Å². The summed E-state index contributed by atoms with van der Waals surface area (Å²) in [4.78, 5) is 20.6. The maximum Gasteiger partial charge on any atom is 0.357 e. The molecule has 1 aromatic heterocycles. The minimum atomic E-state index is -0.381. The molecule has 0 spiro atoms. The first-order chi connectivity index (χ1) is 8.61. The molecule has 1 aliphatic rings. The van der Waals surface area contributed by atoms with Gasteiger partial charge in [0.15, 0.2) is 5.69 Å². The molecule has 1 aliphatic heterocycles. The van der Waals surface area contributed by atoms with Gasteiger partial charge in [0.1, 0.15) is 5.82 Å². The molecule has 0 atom stereocenters. The van der Waals surface area contributed by atoms with Crippen molar-refractivity contribution in [2.45, 2.75) is 37.9 Å². The fourth-order valence-corrected chi connectivity index (χ4v) is 2.40. The Kier molecular flexibility index (Phi) is 4.19. The lowest BCUT2D eigenvalue weighted by molar-refractivity contribution is 0.0592. The Bertz CT molecular complexity index is 463. The molecule has 0 aromatic carbocycles. The van der Waals surface area contributed by atoms with E-state index in [0.29, 0.717) is 29.9 Å². The molecule has 0 saturated heterocycles. The van der Waals surface area contributed by atoms with Gasteiger partial charge in [-0.3, -0.25) is 0 Å². The van der Waals surface area contributed by atoms with Crippen LogP contribution in [0, 0.1) is 0 Å². The van der Waals surface area contributed by atoms with Crippen LogP contribution in [0.1, 0.15) is 41.4 Å². The van der Waals surface area contributed by atoms with Crippen LogP contribution in [-0.2, 0) is 23.6 Å². The van der Waals surface area contributed by atoms with Crippen molar-refractivity contribution in [2.24, 2.45) is 0 Å². The van der Waals surface area contributed by atoms with E-state index in [-0.39, 0.29) is 5.97 Å². The Balaban J connectivity index is 2.30. The number of nitrogens with zero attached hydrogens (tertiary/aromatic N) is 2. The van der Waals surface area contributed by atoms with Gasteiger partial charge < -0.3 is 10.1 Å². The van der Waals surface area contributed by atoms with Crippen LogP contribution in [0.4, 0.5) is 0 Å². The first-order valence-corrected chi connectivity index (χ1v) is 6.96. The summed E-state index contributed by atoms with van der Waals surface area (Å²) in [6.07, 6.45) is 0. The number of aromatic nitrogens is 2. The highest BCUT2D eigenvalue weighted by Gasteiger charge is 2.23. The van der Waals surface area contributed by atoms with Crippen LogP contribution >= 0.6 is 11.8 Å². The van der Waals surface area contributed by atoms with Crippen LogP contribution in [-0.4, -0.2) is 28.3 Å². The molecule has 1 aromatic rings. The van der Waals surface area contributed by atoms with E-state index in [0.717, 1.165) is 17.0 Å². The molecule has 0 saturated carbocycles. The number of rotatable bonds is 4. The van der Waals surface area contributed by atoms with Crippen LogP contribution in [0.3, 0.4) is 0 Å². The molecule has 18 heavy (non-hydrogen) atoms. The van der Waals surface area contributed by atoms with Gasteiger partial charge in [0.25, 0.3) is 0 Å². The number of esters is 1. The normalized spacial score (nSPS) is 13.8. The van der Waals surface area contributed by atoms with Gasteiger partial charge in [-0.25, -0.2) is 14.8 Å². The zero-order chi connectivity index (χ0) is 13.1. The van der Waals surface area contributed by atoms with E-state index in [1.165, 1.54) is 7.11 Å². The standard InChI is InChI=1S/C12H17N3O2S/c1-7(2)18-6-10-14-9-5-13-4-8(9)11(15-10)12(16)17-3/h7,13H,4-6H2,1-3H3. The van der Waals surface area contributed by atoms with E-state index in [1.54, 1.807) is 11.8 Å². The number of carbonyl (C=O) groups excluding carboxylic acids is 1. The zero-order valence-electron chi connectivity index (χ0n) is 10.8. The van der Waals surface area contributed by atoms with Gasteiger partial charge in [-0.05, 0) is 5.25 Å². The second-order valence-electron chi connectivity index (χ2n) is 4.37. The van der Waals surface area contributed by atoms with Crippen LogP contribution in [0.25, 0.3) is 0 Å². The number of thioether (sulfide) groups is 1. The van der Waals surface area contributed by atoms with E-state index < -0.39 is 0 Å². The van der Waals surface area contributed by atoms with Crippen LogP contribution < -0.4 is 5.32 Å². The van der Waals surface area contributed by atoms with Gasteiger partial charge in [-0.15, -0.1) is 0 Å². The van der Waals surface area contributed by atoms with Crippen molar-refractivity contribution < 1.29 is 9.53 Å². The first-order valence-electron chi connectivity index (χ1n) is 5.91. The second-order valence-corrected chi connectivity index (χ2v) is 5.93. The molecular formula is C12H17N3O2S. The second kappa shape index (κ2) is 5.67. The molecule has 0 amide bonds. The molecule has 0 fully saturated rings. The Hall–Kier alpha value is -1.14. The van der Waals surface area contributed by atoms with Crippen molar-refractivity contribution in [3.05, 3.63) is 22.8 Å². The molecule has 0 radical (unpaired) electrons. The lowest BCUT2D eigenvalue weighted by Gasteiger charge is -2.09. The molecule has 0 aliphatic carbocycles. The minimum Gasteiger partial charge on any atom is -0.464 e. The molecule has 5 nitrogen and oxygen atoms in total. The highest BCUT2D eigenvalue weighted by atomic mass is 32.2. The molecular weight excluding hydrogens is 250 g/mol. The number of hydrogen-bond donors (Lipinski definition) is 1. The highest BCUT2D eigenvalue weighted by molar-refractivity contribution is 7.99. The molecule has 6 heteroatoms. The molecule has 2 heterocycles. The molecule has 2 rings (SSSR count). The maximum atomic E-state index is 11.7. The third kappa shape index (κ3) is 2.81. The molecule has 1 N–H and O–H groups in total. The monoisotopic (exact) mass is 267 g/mol. The summed E-state index contributed by atoms with van der Waals surface area (Å²) in [6, 6.07) is 0. The third-order valence-corrected chi connectivity index (χ3v) is 3.75. The Labute approximate surface area is 111 Å². The lowest BCUT2D eigenvalue weighted by atomic mass is 10.2. The number of fused-ring (bicyclic) bond motifs is 1. The van der Waals surface area contributed by atoms with Crippen molar-refractivity contribution in [1.82, 2.24) is 15.3 Å². The topological polar surface area (TPSA) is 64.1 Å². The predicted octanol–water partition coefficient (Wildman–Crippen LogP) is 1.51. The lowest BCUT2D eigenvalue weighted by Crippen LogP contribution is -2.13. The van der Waals surface area contributed by atoms with Gasteiger partial charge >= 0.3 is 5.97 Å². The first kappa shape index (κ1) is 13.3. The summed E-state index contributed by atoms with van der Waals surface area (Å²) in [5.41, 5.74) is 2.21. The Morgan fingerprint density at radius 3 is 2.89 bits per heavy atom. The summed E-state index contributed by atoms with van der Waals surface area (Å²) in [6.45, 7) is 5.58. The maximum absolute atomic E-state index is 11.7. The average molecular weight is 267 g/mol. The number of carbonyl (C=O) groups is 1. The van der Waals surface area contributed by atoms with E-state index >= 15 is 0 Å². The van der Waals surface area contributed by atoms with E-state index in [9.17, 15) is 4.79 Å². The fourth-order valence-electron chi connectivity index (χ4n) is 1.79. The summed E-state index contributed by atoms with van der Waals surface area (Å²) in [5, 5.41) is 3.70. The van der Waals surface area contributed by atoms with Gasteiger partial charge in [0, 0.05) is 18.7 Å². The summed E-state index contributed by atoms with van der Waals surface area (Å²) < 4.78 is 4.78. The average Bonchev–Trinajstić information content (AvgIpc) is 2.82. The third-order valence-electron chi connectivity index (χ3n) is 2.66. The summed E-state index contributed by atoms with van der Waals surface area (Å²) in [5.74, 6) is 1.04. The van der Waals surface area contributed by atoms with Crippen molar-refractivity contribution in [2.75, 3.05) is 7.11 Å². The van der Waals surface area contributed by atoms with Gasteiger partial charge in [-0.1, -0.05) is 13.8 Å². The van der Waals surface area contributed by atoms with Crippen molar-refractivity contribution in [3.63, 3.8) is 0 Å². The highest BCUT2D eigenvalue weighted by Crippen LogP contribution is 2.21. The Morgan fingerprint density at radius 2 is 2.22 bits per heavy atom. The molecule has 98 valence electrons. The zero-order valence-corrected chi connectivity index (χ0v) is 11.6. The summed E-state index contributed by atoms with van der Waals surface area (Å²) >= 11 is 1.76. The number of ether oxygens (including phenoxy) is 1. The smallest absolute Gasteiger partial charge is 0.357 e. The SMILES string of the molecule is COC(=O)c1nc(CSC(C)C)nc2c1CNC2. The number of methoxy groups -OCH3 is 1. The van der Waals surface area contributed by atoms with E-state index in [1.807, 2.05) is 0 Å². The Morgan fingerprint density at radius 1 is 1.44 bits per heavy atom. The van der Waals surface area contributed by atoms with Crippen LogP contribution in [0.5, 0.6) is 0 Å². The van der Waals surface area contributed by atoms with E-state index in [4.69, 9.17) is 4.74 Å². The van der Waals surface area contributed by atoms with Crippen LogP contribution in [0.2, 0.25) is 0 Å². The number of hydrogen-bond acceptors (Lipinski definition) is 6. The minimum absolute atomic E-state index is 0.381. The number of nitrogens with one attached hydrogen (secondary N) is 1. The largest absolute Gasteiger partial charge is 0.464 e. The summed E-state index contributed by atoms with van der Waals surface area (Å²) in [7, 11) is 1.38. The van der Waals surface area contributed by atoms with Crippen molar-refractivity contribution >= 4 is 17.7 Å². The van der Waals surface area contributed by atoms with Crippen molar-refractivity contribution in [1.29, 1.82) is 0 Å². The van der Waals surface area contributed by atoms with Gasteiger partial charge in [0.2, 0.25) is 0 Å². The van der Waals surface area contributed by atoms with Crippen LogP contribution in [0.15, 0.2) is 0 Å². The molecule has 0 bridgehead atoms. The van der Waals surface area contributed by atoms with Gasteiger partial charge in [0.05, 0.1) is 18.6 Å². The molecule has 0 unspecified atom stereocenters. The predicted molar refractivity (Wildman–Crippen MR) is 70.3 cm³/mol. The fraction of sp³-hybridized carbons (Fsp3) is 0.583.